The largest absolute Gasteiger partial charge is 0.393 e. The van der Waals surface area contributed by atoms with Crippen LogP contribution in [0.4, 0.5) is 0 Å². The van der Waals surface area contributed by atoms with Crippen LogP contribution in [0.1, 0.15) is 29.7 Å². The van der Waals surface area contributed by atoms with Crippen LogP contribution in [-0.2, 0) is 24.1 Å². The van der Waals surface area contributed by atoms with Crippen molar-refractivity contribution in [3.63, 3.8) is 0 Å². The van der Waals surface area contributed by atoms with Crippen LogP contribution in [0.5, 0.6) is 0 Å². The Morgan fingerprint density at radius 1 is 1.33 bits per heavy atom. The lowest BCUT2D eigenvalue weighted by Gasteiger charge is -2.41. The van der Waals surface area contributed by atoms with Gasteiger partial charge in [-0.2, -0.15) is 0 Å². The molecule has 24 heavy (non-hydrogen) atoms. The Labute approximate surface area is 143 Å². The van der Waals surface area contributed by atoms with E-state index in [0.717, 1.165) is 43.1 Å². The summed E-state index contributed by atoms with van der Waals surface area (Å²) in [5.41, 5.74) is 2.89. The number of aryl methyl sites for hydroxylation is 2. The molecule has 0 unspecified atom stereocenters. The van der Waals surface area contributed by atoms with Crippen LogP contribution in [0.15, 0.2) is 30.3 Å². The van der Waals surface area contributed by atoms with Gasteiger partial charge in [0, 0.05) is 38.2 Å². The number of ether oxygens (including phenoxy) is 1. The molecule has 3 rings (SSSR count). The van der Waals surface area contributed by atoms with Crippen LogP contribution in [0.25, 0.3) is 0 Å². The summed E-state index contributed by atoms with van der Waals surface area (Å²) in [4.78, 5) is 10.4. The minimum atomic E-state index is -0.530. The molecule has 1 fully saturated rings. The van der Waals surface area contributed by atoms with Gasteiger partial charge in [-0.05, 0) is 12.5 Å². The van der Waals surface area contributed by atoms with Crippen molar-refractivity contribution in [2.45, 2.75) is 38.8 Å². The van der Waals surface area contributed by atoms with E-state index in [1.54, 1.807) is 0 Å². The summed E-state index contributed by atoms with van der Waals surface area (Å²) in [5.74, 6) is 1.04. The lowest BCUT2D eigenvalue weighted by Crippen LogP contribution is -2.55. The van der Waals surface area contributed by atoms with Crippen molar-refractivity contribution in [3.05, 3.63) is 53.1 Å². The van der Waals surface area contributed by atoms with E-state index in [1.165, 1.54) is 5.56 Å². The Hall–Kier alpha value is -1.69. The number of aliphatic hydroxyl groups is 1. The van der Waals surface area contributed by atoms with E-state index in [0.29, 0.717) is 13.2 Å². The third kappa shape index (κ3) is 3.86. The Balaban J connectivity index is 1.71. The molecular formula is C19H27N3O2. The molecule has 0 radical (unpaired) electrons. The van der Waals surface area contributed by atoms with Gasteiger partial charge in [0.05, 0.1) is 18.9 Å². The quantitative estimate of drug-likeness (QED) is 0.852. The van der Waals surface area contributed by atoms with Crippen LogP contribution >= 0.6 is 0 Å². The first-order valence-corrected chi connectivity index (χ1v) is 8.69. The number of aromatic amines is 1. The summed E-state index contributed by atoms with van der Waals surface area (Å²) in [6.07, 6.45) is 1.64. The first kappa shape index (κ1) is 17.1. The lowest BCUT2D eigenvalue weighted by atomic mass is 9.93. The number of nitrogens with zero attached hydrogens (tertiary/aromatic N) is 2. The van der Waals surface area contributed by atoms with Crippen molar-refractivity contribution in [3.8, 4) is 0 Å². The second kappa shape index (κ2) is 7.47. The van der Waals surface area contributed by atoms with Gasteiger partial charge in [-0.1, -0.05) is 37.3 Å². The van der Waals surface area contributed by atoms with E-state index in [9.17, 15) is 5.11 Å². The fraction of sp³-hybridized carbons (Fsp3) is 0.526. The third-order valence-corrected chi connectivity index (χ3v) is 4.73. The molecular weight excluding hydrogens is 302 g/mol. The second-order valence-corrected chi connectivity index (χ2v) is 6.67. The van der Waals surface area contributed by atoms with Crippen molar-refractivity contribution in [2.24, 2.45) is 0 Å². The van der Waals surface area contributed by atoms with Crippen LogP contribution in [0.2, 0.25) is 0 Å². The Kier molecular flexibility index (Phi) is 5.33. The van der Waals surface area contributed by atoms with Gasteiger partial charge in [0.25, 0.3) is 0 Å². The highest BCUT2D eigenvalue weighted by Gasteiger charge is 2.36. The number of hydrogen-bond donors (Lipinski definition) is 2. The van der Waals surface area contributed by atoms with Crippen molar-refractivity contribution in [2.75, 3.05) is 26.3 Å². The van der Waals surface area contributed by atoms with Crippen LogP contribution in [-0.4, -0.2) is 51.9 Å². The van der Waals surface area contributed by atoms with E-state index in [4.69, 9.17) is 4.74 Å². The Morgan fingerprint density at radius 2 is 2.12 bits per heavy atom. The highest BCUT2D eigenvalue weighted by atomic mass is 16.5. The summed E-state index contributed by atoms with van der Waals surface area (Å²) in [6.45, 7) is 7.22. The monoisotopic (exact) mass is 329 g/mol. The molecule has 1 aliphatic rings. The van der Waals surface area contributed by atoms with Crippen molar-refractivity contribution in [1.82, 2.24) is 14.9 Å². The average molecular weight is 329 g/mol. The predicted octanol–water partition coefficient (Wildman–Crippen LogP) is 2.09. The fourth-order valence-corrected chi connectivity index (χ4v) is 3.38. The number of morpholine rings is 1. The second-order valence-electron chi connectivity index (χ2n) is 6.67. The molecule has 5 heteroatoms. The molecule has 0 aliphatic carbocycles. The zero-order valence-corrected chi connectivity index (χ0v) is 14.6. The van der Waals surface area contributed by atoms with Crippen molar-refractivity contribution in [1.29, 1.82) is 0 Å². The summed E-state index contributed by atoms with van der Waals surface area (Å²) >= 11 is 0. The van der Waals surface area contributed by atoms with Gasteiger partial charge in [0.15, 0.2) is 0 Å². The van der Waals surface area contributed by atoms with Crippen LogP contribution in [0, 0.1) is 6.92 Å². The minimum Gasteiger partial charge on any atom is -0.393 e. The van der Waals surface area contributed by atoms with Gasteiger partial charge in [0.2, 0.25) is 0 Å². The number of hydrogen-bond acceptors (Lipinski definition) is 4. The predicted molar refractivity (Wildman–Crippen MR) is 93.9 cm³/mol. The molecule has 130 valence electrons. The molecule has 1 aliphatic heterocycles. The number of rotatable bonds is 6. The van der Waals surface area contributed by atoms with Crippen molar-refractivity contribution < 1.29 is 9.84 Å². The van der Waals surface area contributed by atoms with Crippen molar-refractivity contribution >= 4 is 0 Å². The molecule has 2 N–H and O–H groups in total. The normalized spacial score (nSPS) is 22.0. The molecule has 0 saturated carbocycles. The highest BCUT2D eigenvalue weighted by Crippen LogP contribution is 2.24. The third-order valence-electron chi connectivity index (χ3n) is 4.73. The maximum atomic E-state index is 10.0. The van der Waals surface area contributed by atoms with Gasteiger partial charge in [0.1, 0.15) is 11.4 Å². The first-order valence-electron chi connectivity index (χ1n) is 8.69. The number of aromatic nitrogens is 2. The number of aliphatic hydroxyl groups excluding tert-OH is 1. The molecule has 2 heterocycles. The van der Waals surface area contributed by atoms with E-state index >= 15 is 0 Å². The molecule has 1 atom stereocenters. The summed E-state index contributed by atoms with van der Waals surface area (Å²) in [6, 6.07) is 10.2. The molecule has 1 aromatic heterocycles. The summed E-state index contributed by atoms with van der Waals surface area (Å²) < 4.78 is 6.02. The molecule has 2 aromatic rings. The van der Waals surface area contributed by atoms with Gasteiger partial charge in [-0.25, -0.2) is 4.98 Å². The zero-order chi connectivity index (χ0) is 17.0. The summed E-state index contributed by atoms with van der Waals surface area (Å²) in [7, 11) is 0. The van der Waals surface area contributed by atoms with Gasteiger partial charge < -0.3 is 14.8 Å². The van der Waals surface area contributed by atoms with Gasteiger partial charge in [-0.3, -0.25) is 4.90 Å². The average Bonchev–Trinajstić information content (AvgIpc) is 2.96. The Bertz CT molecular complexity index is 656. The first-order chi connectivity index (χ1) is 11.6. The Morgan fingerprint density at radius 3 is 2.79 bits per heavy atom. The van der Waals surface area contributed by atoms with E-state index < -0.39 is 5.60 Å². The van der Waals surface area contributed by atoms with E-state index in [-0.39, 0.29) is 6.61 Å². The molecule has 0 bridgehead atoms. The summed E-state index contributed by atoms with van der Waals surface area (Å²) in [5, 5.41) is 10.0. The maximum absolute atomic E-state index is 10.0. The standard InChI is InChI=1S/C19H27N3O2/c1-3-18-20-15(2)17(21-18)12-22-9-10-24-19(13-22,14-23)11-16-7-5-4-6-8-16/h4-8,23H,3,9-14H2,1-2H3,(H,20,21)/t19-/m0/s1. The molecule has 1 saturated heterocycles. The molecule has 0 amide bonds. The number of benzene rings is 1. The molecule has 1 aromatic carbocycles. The zero-order valence-electron chi connectivity index (χ0n) is 14.6. The SMILES string of the molecule is CCc1nc(CN2CCO[C@@](CO)(Cc3ccccc3)C2)c(C)[nH]1. The van der Waals surface area contributed by atoms with E-state index in [2.05, 4.69) is 40.8 Å². The highest BCUT2D eigenvalue weighted by molar-refractivity contribution is 5.18. The smallest absolute Gasteiger partial charge is 0.108 e. The van der Waals surface area contributed by atoms with Gasteiger partial charge >= 0.3 is 0 Å². The van der Waals surface area contributed by atoms with Gasteiger partial charge in [-0.15, -0.1) is 0 Å². The van der Waals surface area contributed by atoms with E-state index in [1.807, 2.05) is 18.2 Å². The minimum absolute atomic E-state index is 0.0259. The topological polar surface area (TPSA) is 61.4 Å². The number of imidazole rings is 1. The van der Waals surface area contributed by atoms with Crippen LogP contribution in [0.3, 0.4) is 0 Å². The molecule has 0 spiro atoms. The maximum Gasteiger partial charge on any atom is 0.108 e. The molecule has 5 nitrogen and oxygen atoms in total. The number of H-pyrrole nitrogens is 1. The van der Waals surface area contributed by atoms with Crippen LogP contribution < -0.4 is 0 Å². The fourth-order valence-electron chi connectivity index (χ4n) is 3.38. The number of nitrogens with one attached hydrogen (secondary N) is 1. The lowest BCUT2D eigenvalue weighted by molar-refractivity contribution is -0.134.